The van der Waals surface area contributed by atoms with Crippen molar-refractivity contribution in [2.75, 3.05) is 5.32 Å². The Morgan fingerprint density at radius 2 is 1.89 bits per heavy atom. The van der Waals surface area contributed by atoms with Crippen molar-refractivity contribution in [2.45, 2.75) is 20.3 Å². The summed E-state index contributed by atoms with van der Waals surface area (Å²) in [6, 6.07) is 12.7. The van der Waals surface area contributed by atoms with Crippen molar-refractivity contribution >= 4 is 11.6 Å². The molecule has 2 nitrogen and oxygen atoms in total. The number of rotatable bonds is 1. The second-order valence-electron chi connectivity index (χ2n) is 4.92. The van der Waals surface area contributed by atoms with E-state index < -0.39 is 0 Å². The van der Waals surface area contributed by atoms with Gasteiger partial charge in [0.15, 0.2) is 0 Å². The van der Waals surface area contributed by atoms with E-state index in [1.165, 1.54) is 22.3 Å². The minimum atomic E-state index is 0.0862. The Balaban J connectivity index is 2.11. The summed E-state index contributed by atoms with van der Waals surface area (Å²) >= 11 is 0. The lowest BCUT2D eigenvalue weighted by molar-refractivity contribution is -0.115. The molecule has 0 bridgehead atoms. The Morgan fingerprint density at radius 3 is 2.72 bits per heavy atom. The van der Waals surface area contributed by atoms with Gasteiger partial charge in [0.2, 0.25) is 5.91 Å². The fourth-order valence-corrected chi connectivity index (χ4v) is 2.44. The SMILES string of the molecule is Cc1ccc(C)c(-c2ccc3c(c2)CC(=O)N3)c1. The van der Waals surface area contributed by atoms with Crippen LogP contribution in [0.2, 0.25) is 0 Å². The van der Waals surface area contributed by atoms with Gasteiger partial charge in [0.25, 0.3) is 0 Å². The molecule has 1 N–H and O–H groups in total. The average Bonchev–Trinajstić information content (AvgIpc) is 2.71. The van der Waals surface area contributed by atoms with Gasteiger partial charge in [0.1, 0.15) is 0 Å². The van der Waals surface area contributed by atoms with Crippen molar-refractivity contribution in [1.29, 1.82) is 0 Å². The van der Waals surface area contributed by atoms with E-state index in [-0.39, 0.29) is 5.91 Å². The largest absolute Gasteiger partial charge is 0.326 e. The summed E-state index contributed by atoms with van der Waals surface area (Å²) in [5.74, 6) is 0.0862. The van der Waals surface area contributed by atoms with E-state index in [9.17, 15) is 4.79 Å². The second-order valence-corrected chi connectivity index (χ2v) is 4.92. The summed E-state index contributed by atoms with van der Waals surface area (Å²) in [6.45, 7) is 4.22. The predicted molar refractivity (Wildman–Crippen MR) is 73.7 cm³/mol. The molecule has 2 aromatic rings. The fourth-order valence-electron chi connectivity index (χ4n) is 2.44. The van der Waals surface area contributed by atoms with Gasteiger partial charge in [-0.15, -0.1) is 0 Å². The fraction of sp³-hybridized carbons (Fsp3) is 0.188. The third-order valence-electron chi connectivity index (χ3n) is 3.43. The number of carbonyl (C=O) groups is 1. The van der Waals surface area contributed by atoms with E-state index in [0.717, 1.165) is 11.3 Å². The highest BCUT2D eigenvalue weighted by Crippen LogP contribution is 2.31. The highest BCUT2D eigenvalue weighted by atomic mass is 16.1. The zero-order valence-electron chi connectivity index (χ0n) is 10.6. The van der Waals surface area contributed by atoms with E-state index in [1.54, 1.807) is 0 Å². The molecular formula is C16H15NO. The van der Waals surface area contributed by atoms with Crippen LogP contribution in [-0.4, -0.2) is 5.91 Å². The van der Waals surface area contributed by atoms with E-state index in [0.29, 0.717) is 6.42 Å². The number of amides is 1. The van der Waals surface area contributed by atoms with Crippen LogP contribution < -0.4 is 5.32 Å². The Hall–Kier alpha value is -2.09. The van der Waals surface area contributed by atoms with Crippen LogP contribution in [0.5, 0.6) is 0 Å². The number of benzene rings is 2. The van der Waals surface area contributed by atoms with E-state index in [4.69, 9.17) is 0 Å². The molecule has 0 atom stereocenters. The van der Waals surface area contributed by atoms with Gasteiger partial charge in [-0.3, -0.25) is 4.79 Å². The first-order valence-electron chi connectivity index (χ1n) is 6.14. The smallest absolute Gasteiger partial charge is 0.228 e. The lowest BCUT2D eigenvalue weighted by Gasteiger charge is -2.09. The Labute approximate surface area is 107 Å². The molecule has 2 aromatic carbocycles. The summed E-state index contributed by atoms with van der Waals surface area (Å²) in [7, 11) is 0. The minimum absolute atomic E-state index is 0.0862. The molecule has 0 unspecified atom stereocenters. The summed E-state index contributed by atoms with van der Waals surface area (Å²) in [6.07, 6.45) is 0.494. The monoisotopic (exact) mass is 237 g/mol. The quantitative estimate of drug-likeness (QED) is 0.808. The number of nitrogens with one attached hydrogen (secondary N) is 1. The molecule has 0 spiro atoms. The summed E-state index contributed by atoms with van der Waals surface area (Å²) in [4.78, 5) is 11.4. The number of hydrogen-bond acceptors (Lipinski definition) is 1. The Kier molecular flexibility index (Phi) is 2.44. The highest BCUT2D eigenvalue weighted by molar-refractivity contribution is 5.99. The maximum absolute atomic E-state index is 11.4. The molecule has 2 heteroatoms. The standard InChI is InChI=1S/C16H15NO/c1-10-3-4-11(2)14(7-10)12-5-6-15-13(8-12)9-16(18)17-15/h3-8H,9H2,1-2H3,(H,17,18). The Bertz CT molecular complexity index is 644. The van der Waals surface area contributed by atoms with Crippen LogP contribution in [0.15, 0.2) is 36.4 Å². The van der Waals surface area contributed by atoms with Crippen molar-refractivity contribution in [3.63, 3.8) is 0 Å². The van der Waals surface area contributed by atoms with Gasteiger partial charge < -0.3 is 5.32 Å². The van der Waals surface area contributed by atoms with Crippen LogP contribution in [-0.2, 0) is 11.2 Å². The number of anilines is 1. The van der Waals surface area contributed by atoms with Crippen LogP contribution >= 0.6 is 0 Å². The molecule has 0 aromatic heterocycles. The first-order valence-corrected chi connectivity index (χ1v) is 6.14. The lowest BCUT2D eigenvalue weighted by Crippen LogP contribution is -2.03. The van der Waals surface area contributed by atoms with Crippen LogP contribution in [0, 0.1) is 13.8 Å². The molecule has 90 valence electrons. The molecule has 18 heavy (non-hydrogen) atoms. The van der Waals surface area contributed by atoms with Gasteiger partial charge in [0.05, 0.1) is 6.42 Å². The van der Waals surface area contributed by atoms with Crippen molar-refractivity contribution in [2.24, 2.45) is 0 Å². The summed E-state index contributed by atoms with van der Waals surface area (Å²) in [5.41, 5.74) is 7.00. The zero-order chi connectivity index (χ0) is 12.7. The van der Waals surface area contributed by atoms with Gasteiger partial charge in [-0.2, -0.15) is 0 Å². The van der Waals surface area contributed by atoms with Crippen LogP contribution in [0.4, 0.5) is 5.69 Å². The van der Waals surface area contributed by atoms with Gasteiger partial charge in [-0.05, 0) is 48.2 Å². The van der Waals surface area contributed by atoms with Crippen molar-refractivity contribution < 1.29 is 4.79 Å². The molecule has 3 rings (SSSR count). The van der Waals surface area contributed by atoms with E-state index in [1.807, 2.05) is 6.07 Å². The number of fused-ring (bicyclic) bond motifs is 1. The lowest BCUT2D eigenvalue weighted by atomic mass is 9.96. The topological polar surface area (TPSA) is 29.1 Å². The summed E-state index contributed by atoms with van der Waals surface area (Å²) < 4.78 is 0. The first kappa shape index (κ1) is 11.0. The molecule has 0 fully saturated rings. The second kappa shape index (κ2) is 3.98. The maximum Gasteiger partial charge on any atom is 0.228 e. The average molecular weight is 237 g/mol. The third-order valence-corrected chi connectivity index (χ3v) is 3.43. The number of aryl methyl sites for hydroxylation is 2. The van der Waals surface area contributed by atoms with Crippen molar-refractivity contribution in [3.8, 4) is 11.1 Å². The molecule has 1 heterocycles. The zero-order valence-corrected chi connectivity index (χ0v) is 10.6. The van der Waals surface area contributed by atoms with Gasteiger partial charge in [0, 0.05) is 5.69 Å². The highest BCUT2D eigenvalue weighted by Gasteiger charge is 2.17. The number of carbonyl (C=O) groups excluding carboxylic acids is 1. The first-order chi connectivity index (χ1) is 8.63. The van der Waals surface area contributed by atoms with E-state index in [2.05, 4.69) is 49.5 Å². The van der Waals surface area contributed by atoms with E-state index >= 15 is 0 Å². The van der Waals surface area contributed by atoms with Crippen LogP contribution in [0.1, 0.15) is 16.7 Å². The van der Waals surface area contributed by atoms with Crippen LogP contribution in [0.25, 0.3) is 11.1 Å². The molecular weight excluding hydrogens is 222 g/mol. The van der Waals surface area contributed by atoms with Gasteiger partial charge in [-0.1, -0.05) is 29.8 Å². The molecule has 0 aliphatic carbocycles. The molecule has 1 amide bonds. The van der Waals surface area contributed by atoms with Crippen molar-refractivity contribution in [3.05, 3.63) is 53.1 Å². The Morgan fingerprint density at radius 1 is 1.06 bits per heavy atom. The van der Waals surface area contributed by atoms with Crippen LogP contribution in [0.3, 0.4) is 0 Å². The third kappa shape index (κ3) is 1.80. The normalized spacial score (nSPS) is 13.3. The molecule has 0 radical (unpaired) electrons. The van der Waals surface area contributed by atoms with Crippen molar-refractivity contribution in [1.82, 2.24) is 0 Å². The molecule has 1 aliphatic heterocycles. The molecule has 0 saturated heterocycles. The maximum atomic E-state index is 11.4. The van der Waals surface area contributed by atoms with Gasteiger partial charge in [-0.25, -0.2) is 0 Å². The van der Waals surface area contributed by atoms with Gasteiger partial charge >= 0.3 is 0 Å². The predicted octanol–water partition coefficient (Wildman–Crippen LogP) is 3.47. The summed E-state index contributed by atoms with van der Waals surface area (Å²) in [5, 5.41) is 2.86. The molecule has 1 aliphatic rings. The number of hydrogen-bond donors (Lipinski definition) is 1. The minimum Gasteiger partial charge on any atom is -0.326 e. The molecule has 0 saturated carbocycles.